The van der Waals surface area contributed by atoms with Crippen molar-refractivity contribution >= 4 is 28.4 Å². The van der Waals surface area contributed by atoms with Gasteiger partial charge in [0.1, 0.15) is 0 Å². The first-order valence-electron chi connectivity index (χ1n) is 7.60. The molecule has 0 aliphatic carbocycles. The Balaban J connectivity index is 1.86. The first-order chi connectivity index (χ1) is 11.6. The van der Waals surface area contributed by atoms with E-state index < -0.39 is 0 Å². The fraction of sp³-hybridized carbons (Fsp3) is 0.167. The molecular weight excluding hydrogens is 304 g/mol. The molecule has 6 heteroatoms. The summed E-state index contributed by atoms with van der Waals surface area (Å²) in [5, 5.41) is 10.6. The van der Waals surface area contributed by atoms with Crippen LogP contribution in [0.25, 0.3) is 10.9 Å². The van der Waals surface area contributed by atoms with Crippen LogP contribution in [0.2, 0.25) is 0 Å². The lowest BCUT2D eigenvalue weighted by Crippen LogP contribution is -2.24. The molecular formula is C18H18N4O2. The highest BCUT2D eigenvalue weighted by atomic mass is 16.2. The van der Waals surface area contributed by atoms with Gasteiger partial charge in [0.05, 0.1) is 5.52 Å². The monoisotopic (exact) mass is 322 g/mol. The van der Waals surface area contributed by atoms with Gasteiger partial charge in [-0.2, -0.15) is 5.10 Å². The summed E-state index contributed by atoms with van der Waals surface area (Å²) < 4.78 is 0. The van der Waals surface area contributed by atoms with Gasteiger partial charge in [0.2, 0.25) is 5.91 Å². The van der Waals surface area contributed by atoms with Crippen molar-refractivity contribution in [2.24, 2.45) is 0 Å². The molecule has 0 atom stereocenters. The number of H-pyrrole nitrogens is 1. The number of amides is 2. The van der Waals surface area contributed by atoms with Crippen molar-refractivity contribution in [3.05, 3.63) is 59.8 Å². The molecule has 3 aromatic rings. The van der Waals surface area contributed by atoms with Gasteiger partial charge in [-0.15, -0.1) is 0 Å². The number of para-hydroxylation sites is 2. The number of nitrogens with one attached hydrogen (secondary N) is 2. The van der Waals surface area contributed by atoms with Gasteiger partial charge >= 0.3 is 0 Å². The molecule has 3 rings (SSSR count). The molecule has 1 heterocycles. The number of rotatable bonds is 4. The smallest absolute Gasteiger partial charge is 0.276 e. The first-order valence-corrected chi connectivity index (χ1v) is 7.60. The summed E-state index contributed by atoms with van der Waals surface area (Å²) in [6, 6.07) is 14.9. The van der Waals surface area contributed by atoms with Crippen LogP contribution in [0.3, 0.4) is 0 Å². The van der Waals surface area contributed by atoms with Crippen LogP contribution in [0.4, 0.5) is 5.69 Å². The summed E-state index contributed by atoms with van der Waals surface area (Å²) >= 11 is 0. The predicted octanol–water partition coefficient (Wildman–Crippen LogP) is 2.79. The quantitative estimate of drug-likeness (QED) is 0.775. The normalized spacial score (nSPS) is 10.6. The van der Waals surface area contributed by atoms with E-state index in [-0.39, 0.29) is 11.8 Å². The van der Waals surface area contributed by atoms with Crippen LogP contribution in [0.1, 0.15) is 23.0 Å². The van der Waals surface area contributed by atoms with Crippen molar-refractivity contribution in [2.75, 3.05) is 12.4 Å². The summed E-state index contributed by atoms with van der Waals surface area (Å²) in [4.78, 5) is 25.6. The highest BCUT2D eigenvalue weighted by molar-refractivity contribution is 6.11. The van der Waals surface area contributed by atoms with Gasteiger partial charge in [0.25, 0.3) is 5.91 Å². The van der Waals surface area contributed by atoms with E-state index in [2.05, 4.69) is 15.5 Å². The van der Waals surface area contributed by atoms with Crippen LogP contribution < -0.4 is 5.32 Å². The van der Waals surface area contributed by atoms with Crippen molar-refractivity contribution < 1.29 is 9.59 Å². The molecule has 0 aliphatic rings. The number of aromatic amines is 1. The molecule has 0 fully saturated rings. The maximum absolute atomic E-state index is 12.6. The minimum Gasteiger partial charge on any atom is -0.342 e. The average Bonchev–Trinajstić information content (AvgIpc) is 3.00. The number of benzene rings is 2. The molecule has 2 N–H and O–H groups in total. The third-order valence-corrected chi connectivity index (χ3v) is 3.90. The van der Waals surface area contributed by atoms with Crippen LogP contribution in [0.15, 0.2) is 48.5 Å². The van der Waals surface area contributed by atoms with Gasteiger partial charge in [0.15, 0.2) is 5.69 Å². The second kappa shape index (κ2) is 6.54. The number of carbonyl (C=O) groups excluding carboxylic acids is 2. The number of fused-ring (bicyclic) bond motifs is 1. The van der Waals surface area contributed by atoms with Crippen molar-refractivity contribution in [2.45, 2.75) is 13.5 Å². The molecule has 0 aliphatic heterocycles. The van der Waals surface area contributed by atoms with Gasteiger partial charge in [-0.3, -0.25) is 14.7 Å². The lowest BCUT2D eigenvalue weighted by Gasteiger charge is -2.17. The molecule has 24 heavy (non-hydrogen) atoms. The molecule has 0 spiro atoms. The van der Waals surface area contributed by atoms with Crippen LogP contribution in [-0.2, 0) is 11.3 Å². The van der Waals surface area contributed by atoms with Gasteiger partial charge in [-0.05, 0) is 17.7 Å². The molecule has 122 valence electrons. The fourth-order valence-electron chi connectivity index (χ4n) is 2.47. The number of carbonyl (C=O) groups is 2. The maximum Gasteiger partial charge on any atom is 0.276 e. The summed E-state index contributed by atoms with van der Waals surface area (Å²) in [7, 11) is 1.72. The van der Waals surface area contributed by atoms with Gasteiger partial charge in [-0.1, -0.05) is 36.4 Å². The second-order valence-electron chi connectivity index (χ2n) is 5.60. The van der Waals surface area contributed by atoms with E-state index in [4.69, 9.17) is 0 Å². The van der Waals surface area contributed by atoms with Crippen molar-refractivity contribution in [3.8, 4) is 0 Å². The molecule has 0 saturated heterocycles. The van der Waals surface area contributed by atoms with Crippen LogP contribution in [-0.4, -0.2) is 34.0 Å². The zero-order valence-electron chi connectivity index (χ0n) is 13.5. The Hall–Kier alpha value is -3.15. The standard InChI is InChI=1S/C18H18N4O2/c1-12(23)22(2)11-13-7-3-5-9-15(13)19-18(24)17-14-8-4-6-10-16(14)20-21-17/h3-10H,11H2,1-2H3,(H,19,24)(H,20,21). The van der Waals surface area contributed by atoms with E-state index >= 15 is 0 Å². The Morgan fingerprint density at radius 3 is 2.62 bits per heavy atom. The lowest BCUT2D eigenvalue weighted by atomic mass is 10.1. The van der Waals surface area contributed by atoms with Gasteiger partial charge in [0, 0.05) is 31.6 Å². The summed E-state index contributed by atoms with van der Waals surface area (Å²) in [6.45, 7) is 1.93. The van der Waals surface area contributed by atoms with Crippen LogP contribution in [0.5, 0.6) is 0 Å². The Morgan fingerprint density at radius 1 is 1.12 bits per heavy atom. The van der Waals surface area contributed by atoms with E-state index in [1.54, 1.807) is 11.9 Å². The topological polar surface area (TPSA) is 78.1 Å². The number of hydrogen-bond donors (Lipinski definition) is 2. The number of aromatic nitrogens is 2. The first kappa shape index (κ1) is 15.7. The van der Waals surface area contributed by atoms with E-state index in [1.165, 1.54) is 6.92 Å². The zero-order valence-corrected chi connectivity index (χ0v) is 13.5. The Labute approximate surface area is 139 Å². The molecule has 2 aromatic carbocycles. The highest BCUT2D eigenvalue weighted by Gasteiger charge is 2.16. The zero-order chi connectivity index (χ0) is 17.1. The van der Waals surface area contributed by atoms with Crippen molar-refractivity contribution in [3.63, 3.8) is 0 Å². The third kappa shape index (κ3) is 3.12. The molecule has 0 unspecified atom stereocenters. The summed E-state index contributed by atoms with van der Waals surface area (Å²) in [6.07, 6.45) is 0. The number of hydrogen-bond acceptors (Lipinski definition) is 3. The van der Waals surface area contributed by atoms with Crippen molar-refractivity contribution in [1.29, 1.82) is 0 Å². The largest absolute Gasteiger partial charge is 0.342 e. The molecule has 1 aromatic heterocycles. The Morgan fingerprint density at radius 2 is 1.83 bits per heavy atom. The summed E-state index contributed by atoms with van der Waals surface area (Å²) in [5.41, 5.74) is 2.69. The molecule has 6 nitrogen and oxygen atoms in total. The Kier molecular flexibility index (Phi) is 4.29. The predicted molar refractivity (Wildman–Crippen MR) is 92.6 cm³/mol. The third-order valence-electron chi connectivity index (χ3n) is 3.90. The molecule has 0 radical (unpaired) electrons. The van der Waals surface area contributed by atoms with E-state index in [0.29, 0.717) is 17.9 Å². The van der Waals surface area contributed by atoms with E-state index in [9.17, 15) is 9.59 Å². The van der Waals surface area contributed by atoms with Crippen molar-refractivity contribution in [1.82, 2.24) is 15.1 Å². The Bertz CT molecular complexity index is 901. The lowest BCUT2D eigenvalue weighted by molar-refractivity contribution is -0.128. The highest BCUT2D eigenvalue weighted by Crippen LogP contribution is 2.20. The minimum atomic E-state index is -0.287. The summed E-state index contributed by atoms with van der Waals surface area (Å²) in [5.74, 6) is -0.320. The molecule has 2 amide bonds. The van der Waals surface area contributed by atoms with E-state index in [0.717, 1.165) is 16.5 Å². The SMILES string of the molecule is CC(=O)N(C)Cc1ccccc1NC(=O)c1n[nH]c2ccccc12. The van der Waals surface area contributed by atoms with E-state index in [1.807, 2.05) is 48.5 Å². The second-order valence-corrected chi connectivity index (χ2v) is 5.60. The number of nitrogens with zero attached hydrogens (tertiary/aromatic N) is 2. The van der Waals surface area contributed by atoms with Crippen LogP contribution >= 0.6 is 0 Å². The maximum atomic E-state index is 12.6. The molecule has 0 bridgehead atoms. The number of anilines is 1. The van der Waals surface area contributed by atoms with Gasteiger partial charge < -0.3 is 10.2 Å². The van der Waals surface area contributed by atoms with Crippen LogP contribution in [0, 0.1) is 0 Å². The average molecular weight is 322 g/mol. The molecule has 0 saturated carbocycles. The minimum absolute atomic E-state index is 0.0329. The fourth-order valence-corrected chi connectivity index (χ4v) is 2.47. The van der Waals surface area contributed by atoms with Gasteiger partial charge in [-0.25, -0.2) is 0 Å².